The summed E-state index contributed by atoms with van der Waals surface area (Å²) in [5.74, 6) is 5.11. The molecular formula is C18H44N6. The molecule has 0 saturated heterocycles. The fourth-order valence-electron chi connectivity index (χ4n) is 1.14. The van der Waals surface area contributed by atoms with Gasteiger partial charge in [0.05, 0.1) is 11.9 Å². The second kappa shape index (κ2) is 26.4. The summed E-state index contributed by atoms with van der Waals surface area (Å²) < 4.78 is 1.82. The van der Waals surface area contributed by atoms with Crippen LogP contribution in [0, 0.1) is 0 Å². The maximum atomic E-state index is 5.20. The van der Waals surface area contributed by atoms with E-state index in [9.17, 15) is 0 Å². The van der Waals surface area contributed by atoms with Crippen molar-refractivity contribution in [3.05, 3.63) is 29.9 Å². The molecule has 0 fully saturated rings. The van der Waals surface area contributed by atoms with E-state index in [1.165, 1.54) is 18.2 Å². The van der Waals surface area contributed by atoms with Crippen molar-refractivity contribution in [1.82, 2.24) is 20.1 Å². The molecule has 146 valence electrons. The molecule has 0 saturated carbocycles. The van der Waals surface area contributed by atoms with Crippen molar-refractivity contribution in [3.8, 4) is 0 Å². The molecule has 1 aromatic rings. The Balaban J connectivity index is -0.000000122. The summed E-state index contributed by atoms with van der Waals surface area (Å²) >= 11 is 0. The molecule has 1 rings (SSSR count). The molecule has 0 radical (unpaired) electrons. The van der Waals surface area contributed by atoms with Gasteiger partial charge in [-0.2, -0.15) is 5.10 Å². The number of aromatic nitrogens is 2. The van der Waals surface area contributed by atoms with Crippen LogP contribution in [-0.2, 0) is 13.5 Å². The third kappa shape index (κ3) is 25.4. The van der Waals surface area contributed by atoms with E-state index in [-0.39, 0.29) is 0 Å². The fourth-order valence-corrected chi connectivity index (χ4v) is 1.14. The lowest BCUT2D eigenvalue weighted by Crippen LogP contribution is -2.29. The number of nitrogens with zero attached hydrogens (tertiary/aromatic N) is 3. The highest BCUT2D eigenvalue weighted by molar-refractivity contribution is 5.02. The first-order valence-corrected chi connectivity index (χ1v) is 8.94. The van der Waals surface area contributed by atoms with Crippen LogP contribution in [0.3, 0.4) is 0 Å². The fraction of sp³-hybridized carbons (Fsp3) is 0.722. The number of nitrogens with two attached hydrogens (primary N) is 2. The van der Waals surface area contributed by atoms with Crippen molar-refractivity contribution in [1.29, 1.82) is 0 Å². The molecule has 0 unspecified atom stereocenters. The van der Waals surface area contributed by atoms with Crippen molar-refractivity contribution in [3.63, 3.8) is 0 Å². The second-order valence-corrected chi connectivity index (χ2v) is 4.66. The molecule has 6 heteroatoms. The summed E-state index contributed by atoms with van der Waals surface area (Å²) in [7, 11) is 5.82. The number of nitrogens with one attached hydrogen (secondary N) is 1. The van der Waals surface area contributed by atoms with Gasteiger partial charge in [0.2, 0.25) is 0 Å². The standard InChI is InChI=1S/C6H10N2.C5H14N4.C3H8.2C2H6/c1-3-6-4-7-8(2)5-6;1-9(2)4-5(3-6)8-7;1-3-2;2*1-2/h4-5H,3H2,1-2H3;3,8H,4,6-7H2,1-2H3;3H2,1-2H3;2*1-2H3/b;5-3-;;;. The highest BCUT2D eigenvalue weighted by Crippen LogP contribution is 1.94. The minimum atomic E-state index is 0.743. The van der Waals surface area contributed by atoms with E-state index in [4.69, 9.17) is 11.6 Å². The van der Waals surface area contributed by atoms with Crippen LogP contribution in [0.25, 0.3) is 0 Å². The Labute approximate surface area is 151 Å². The molecule has 6 nitrogen and oxygen atoms in total. The summed E-state index contributed by atoms with van der Waals surface area (Å²) in [6.07, 6.45) is 7.70. The lowest BCUT2D eigenvalue weighted by molar-refractivity contribution is 0.433. The van der Waals surface area contributed by atoms with Gasteiger partial charge in [0.15, 0.2) is 0 Å². The normalized spacial score (nSPS) is 9.08. The summed E-state index contributed by atoms with van der Waals surface area (Å²) in [5, 5.41) is 4.00. The van der Waals surface area contributed by atoms with Gasteiger partial charge in [0.1, 0.15) is 0 Å². The zero-order chi connectivity index (χ0) is 20.0. The van der Waals surface area contributed by atoms with E-state index < -0.39 is 0 Å². The molecule has 1 heterocycles. The van der Waals surface area contributed by atoms with Crippen molar-refractivity contribution in [2.45, 2.75) is 61.3 Å². The third-order valence-corrected chi connectivity index (χ3v) is 2.04. The number of aryl methyl sites for hydroxylation is 2. The number of rotatable bonds is 4. The van der Waals surface area contributed by atoms with E-state index in [0.717, 1.165) is 18.7 Å². The van der Waals surface area contributed by atoms with Crippen molar-refractivity contribution in [2.24, 2.45) is 18.6 Å². The Hall–Kier alpha value is -1.53. The first-order chi connectivity index (χ1) is 11.4. The minimum absolute atomic E-state index is 0.743. The van der Waals surface area contributed by atoms with Gasteiger partial charge in [0.25, 0.3) is 0 Å². The smallest absolute Gasteiger partial charge is 0.0553 e. The Bertz CT molecular complexity index is 345. The molecule has 0 amide bonds. The van der Waals surface area contributed by atoms with Crippen LogP contribution in [0.5, 0.6) is 0 Å². The second-order valence-electron chi connectivity index (χ2n) is 4.66. The Morgan fingerprint density at radius 2 is 1.67 bits per heavy atom. The lowest BCUT2D eigenvalue weighted by atomic mass is 10.3. The number of likely N-dealkylation sites (N-methyl/N-ethyl adjacent to an activating group) is 1. The van der Waals surface area contributed by atoms with Crippen molar-refractivity contribution < 1.29 is 0 Å². The zero-order valence-corrected chi connectivity index (χ0v) is 17.8. The average Bonchev–Trinajstić information content (AvgIpc) is 3.03. The van der Waals surface area contributed by atoms with Crippen LogP contribution >= 0.6 is 0 Å². The molecule has 0 bridgehead atoms. The summed E-state index contributed by atoms with van der Waals surface area (Å²) in [5.41, 5.74) is 9.80. The van der Waals surface area contributed by atoms with Gasteiger partial charge in [-0.15, -0.1) is 0 Å². The quantitative estimate of drug-likeness (QED) is 0.576. The summed E-state index contributed by atoms with van der Waals surface area (Å²) in [4.78, 5) is 1.97. The minimum Gasteiger partial charge on any atom is -0.403 e. The van der Waals surface area contributed by atoms with E-state index in [0.29, 0.717) is 0 Å². The predicted molar refractivity (Wildman–Crippen MR) is 109 cm³/mol. The van der Waals surface area contributed by atoms with Gasteiger partial charge in [-0.1, -0.05) is 54.9 Å². The monoisotopic (exact) mass is 344 g/mol. The van der Waals surface area contributed by atoms with Crippen LogP contribution in [0.1, 0.15) is 60.5 Å². The Morgan fingerprint density at radius 3 is 1.79 bits per heavy atom. The van der Waals surface area contributed by atoms with E-state index in [2.05, 4.69) is 31.3 Å². The molecule has 0 spiro atoms. The van der Waals surface area contributed by atoms with E-state index in [1.54, 1.807) is 0 Å². The summed E-state index contributed by atoms with van der Waals surface area (Å²) in [6.45, 7) is 15.1. The lowest BCUT2D eigenvalue weighted by Gasteiger charge is -2.11. The van der Waals surface area contributed by atoms with Crippen LogP contribution in [0.15, 0.2) is 24.3 Å². The summed E-state index contributed by atoms with van der Waals surface area (Å²) in [6, 6.07) is 0. The molecular weight excluding hydrogens is 300 g/mol. The van der Waals surface area contributed by atoms with Gasteiger partial charge in [-0.05, 0) is 26.1 Å². The Kier molecular flexibility index (Phi) is 33.4. The van der Waals surface area contributed by atoms with Gasteiger partial charge in [-0.3, -0.25) is 10.5 Å². The molecule has 5 N–H and O–H groups in total. The van der Waals surface area contributed by atoms with Gasteiger partial charge in [0, 0.05) is 26.0 Å². The first-order valence-electron chi connectivity index (χ1n) is 8.94. The molecule has 0 aliphatic rings. The number of hydrogen-bond donors (Lipinski definition) is 3. The van der Waals surface area contributed by atoms with E-state index in [1.807, 2.05) is 70.8 Å². The zero-order valence-electron chi connectivity index (χ0n) is 17.8. The molecule has 0 atom stereocenters. The highest BCUT2D eigenvalue weighted by atomic mass is 15.2. The maximum Gasteiger partial charge on any atom is 0.0553 e. The van der Waals surface area contributed by atoms with Crippen LogP contribution < -0.4 is 17.0 Å². The SMILES string of the molecule is CC.CC.CCC.CCc1cnn(C)c1.CN(C)C/C(=C/N)NN. The van der Waals surface area contributed by atoms with Gasteiger partial charge in [-0.25, -0.2) is 0 Å². The number of hydrogen-bond acceptors (Lipinski definition) is 5. The van der Waals surface area contributed by atoms with Crippen molar-refractivity contribution >= 4 is 0 Å². The maximum absolute atomic E-state index is 5.20. The van der Waals surface area contributed by atoms with Crippen LogP contribution in [-0.4, -0.2) is 35.3 Å². The molecule has 0 aromatic carbocycles. The molecule has 1 aromatic heterocycles. The third-order valence-electron chi connectivity index (χ3n) is 2.04. The Morgan fingerprint density at radius 1 is 1.21 bits per heavy atom. The van der Waals surface area contributed by atoms with E-state index >= 15 is 0 Å². The topological polar surface area (TPSA) is 85.1 Å². The van der Waals surface area contributed by atoms with Gasteiger partial charge < -0.3 is 16.1 Å². The molecule has 0 aliphatic heterocycles. The van der Waals surface area contributed by atoms with Crippen LogP contribution in [0.2, 0.25) is 0 Å². The van der Waals surface area contributed by atoms with Crippen LogP contribution in [0.4, 0.5) is 0 Å². The highest BCUT2D eigenvalue weighted by Gasteiger charge is 1.92. The van der Waals surface area contributed by atoms with Crippen molar-refractivity contribution in [2.75, 3.05) is 20.6 Å². The largest absolute Gasteiger partial charge is 0.403 e. The molecule has 24 heavy (non-hydrogen) atoms. The predicted octanol–water partition coefficient (Wildman–Crippen LogP) is 3.26. The molecule has 0 aliphatic carbocycles. The average molecular weight is 345 g/mol. The number of hydrazine groups is 1. The van der Waals surface area contributed by atoms with Gasteiger partial charge >= 0.3 is 0 Å². The first kappa shape index (κ1) is 30.4.